The molecule has 0 amide bonds. The largest absolute Gasteiger partial charge is 0.379 e. The Labute approximate surface area is 180 Å². The summed E-state index contributed by atoms with van der Waals surface area (Å²) in [5.74, 6) is 0.610. The summed E-state index contributed by atoms with van der Waals surface area (Å²) in [6, 6.07) is 14.2. The molecule has 30 heavy (non-hydrogen) atoms. The lowest BCUT2D eigenvalue weighted by Gasteiger charge is -2.27. The van der Waals surface area contributed by atoms with Crippen LogP contribution in [-0.2, 0) is 17.8 Å². The molecule has 4 rings (SSSR count). The topological polar surface area (TPSA) is 19.0 Å². The fourth-order valence-corrected chi connectivity index (χ4v) is 4.47. The standard InChI is InChI=1S/C25H34FN3O/c1-20(2)16-28-10-11-29(19-28)17-21-6-8-22(9-7-21)24-5-3-4-23(25(24)26)18-27-12-14-30-15-13-27/h3-9,20H,10-19H2,1-2H3. The minimum absolute atomic E-state index is 0.0967. The van der Waals surface area contributed by atoms with Crippen LogP contribution in [0.25, 0.3) is 11.1 Å². The molecule has 0 N–H and O–H groups in total. The van der Waals surface area contributed by atoms with Gasteiger partial charge in [-0.1, -0.05) is 56.3 Å². The van der Waals surface area contributed by atoms with Gasteiger partial charge in [0.15, 0.2) is 0 Å². The third-order valence-electron chi connectivity index (χ3n) is 6.00. The van der Waals surface area contributed by atoms with E-state index >= 15 is 4.39 Å². The number of benzene rings is 2. The van der Waals surface area contributed by atoms with Gasteiger partial charge in [0.25, 0.3) is 0 Å². The lowest BCUT2D eigenvalue weighted by molar-refractivity contribution is 0.0337. The molecule has 0 unspecified atom stereocenters. The van der Waals surface area contributed by atoms with Crippen molar-refractivity contribution in [2.24, 2.45) is 5.92 Å². The van der Waals surface area contributed by atoms with E-state index in [-0.39, 0.29) is 5.82 Å². The molecular weight excluding hydrogens is 377 g/mol. The normalized spacial score (nSPS) is 19.1. The summed E-state index contributed by atoms with van der Waals surface area (Å²) in [6.07, 6.45) is 0. The zero-order chi connectivity index (χ0) is 20.9. The molecule has 0 saturated carbocycles. The fraction of sp³-hybridized carbons (Fsp3) is 0.520. The minimum Gasteiger partial charge on any atom is -0.379 e. The van der Waals surface area contributed by atoms with Crippen molar-refractivity contribution in [1.29, 1.82) is 0 Å². The Balaban J connectivity index is 1.40. The van der Waals surface area contributed by atoms with Crippen LogP contribution in [0.4, 0.5) is 4.39 Å². The van der Waals surface area contributed by atoms with Gasteiger partial charge in [0.1, 0.15) is 5.82 Å². The van der Waals surface area contributed by atoms with Crippen LogP contribution >= 0.6 is 0 Å². The van der Waals surface area contributed by atoms with Crippen molar-refractivity contribution in [3.63, 3.8) is 0 Å². The van der Waals surface area contributed by atoms with Crippen molar-refractivity contribution in [3.05, 3.63) is 59.4 Å². The van der Waals surface area contributed by atoms with E-state index in [1.165, 1.54) is 5.56 Å². The Morgan fingerprint density at radius 2 is 1.60 bits per heavy atom. The summed E-state index contributed by atoms with van der Waals surface area (Å²) in [5, 5.41) is 0. The monoisotopic (exact) mass is 411 g/mol. The van der Waals surface area contributed by atoms with Crippen LogP contribution in [0.15, 0.2) is 42.5 Å². The lowest BCUT2D eigenvalue weighted by Crippen LogP contribution is -2.35. The molecule has 5 heteroatoms. The van der Waals surface area contributed by atoms with E-state index in [0.717, 1.165) is 70.3 Å². The molecule has 2 aliphatic rings. The Morgan fingerprint density at radius 3 is 2.33 bits per heavy atom. The van der Waals surface area contributed by atoms with Crippen molar-refractivity contribution in [1.82, 2.24) is 14.7 Å². The van der Waals surface area contributed by atoms with E-state index in [4.69, 9.17) is 4.74 Å². The summed E-state index contributed by atoms with van der Waals surface area (Å²) in [4.78, 5) is 7.27. The van der Waals surface area contributed by atoms with Gasteiger partial charge >= 0.3 is 0 Å². The Morgan fingerprint density at radius 1 is 0.867 bits per heavy atom. The highest BCUT2D eigenvalue weighted by molar-refractivity contribution is 5.65. The van der Waals surface area contributed by atoms with Gasteiger partial charge in [0, 0.05) is 56.9 Å². The summed E-state index contributed by atoms with van der Waals surface area (Å²) < 4.78 is 20.6. The van der Waals surface area contributed by atoms with Crippen molar-refractivity contribution >= 4 is 0 Å². The molecule has 0 aromatic heterocycles. The number of halogens is 1. The average Bonchev–Trinajstić information content (AvgIpc) is 3.17. The molecule has 2 aliphatic heterocycles. The van der Waals surface area contributed by atoms with E-state index in [1.54, 1.807) is 0 Å². The Kier molecular flexibility index (Phi) is 7.16. The van der Waals surface area contributed by atoms with Gasteiger partial charge in [0.05, 0.1) is 19.9 Å². The van der Waals surface area contributed by atoms with Gasteiger partial charge in [-0.2, -0.15) is 0 Å². The van der Waals surface area contributed by atoms with Crippen molar-refractivity contribution < 1.29 is 9.13 Å². The first-order valence-corrected chi connectivity index (χ1v) is 11.2. The van der Waals surface area contributed by atoms with E-state index < -0.39 is 0 Å². The highest BCUT2D eigenvalue weighted by Crippen LogP contribution is 2.27. The Bertz CT molecular complexity index is 818. The van der Waals surface area contributed by atoms with Crippen LogP contribution in [0.2, 0.25) is 0 Å². The number of rotatable bonds is 7. The summed E-state index contributed by atoms with van der Waals surface area (Å²) >= 11 is 0. The molecule has 2 heterocycles. The van der Waals surface area contributed by atoms with Gasteiger partial charge in [-0.15, -0.1) is 0 Å². The molecule has 0 spiro atoms. The number of morpholine rings is 1. The van der Waals surface area contributed by atoms with Gasteiger partial charge in [-0.25, -0.2) is 4.39 Å². The lowest BCUT2D eigenvalue weighted by atomic mass is 10.0. The van der Waals surface area contributed by atoms with Crippen molar-refractivity contribution in [2.45, 2.75) is 26.9 Å². The maximum atomic E-state index is 15.2. The molecule has 2 aromatic carbocycles. The highest BCUT2D eigenvalue weighted by atomic mass is 19.1. The number of ether oxygens (including phenoxy) is 1. The van der Waals surface area contributed by atoms with Gasteiger partial charge in [-0.05, 0) is 17.0 Å². The molecule has 0 aliphatic carbocycles. The molecule has 4 nitrogen and oxygen atoms in total. The van der Waals surface area contributed by atoms with Crippen molar-refractivity contribution in [2.75, 3.05) is 52.6 Å². The van der Waals surface area contributed by atoms with Crippen LogP contribution < -0.4 is 0 Å². The molecule has 2 fully saturated rings. The SMILES string of the molecule is CC(C)CN1CCN(Cc2ccc(-c3cccc(CN4CCOCC4)c3F)cc2)C1. The predicted octanol–water partition coefficient (Wildman–Crippen LogP) is 4.06. The second kappa shape index (κ2) is 10.0. The quantitative estimate of drug-likeness (QED) is 0.684. The third-order valence-corrected chi connectivity index (χ3v) is 6.00. The molecule has 0 radical (unpaired) electrons. The predicted molar refractivity (Wildman–Crippen MR) is 120 cm³/mol. The maximum absolute atomic E-state index is 15.2. The van der Waals surface area contributed by atoms with Crippen LogP contribution in [0.3, 0.4) is 0 Å². The molecule has 0 bridgehead atoms. The third kappa shape index (κ3) is 5.46. The molecule has 0 atom stereocenters. The number of hydrogen-bond donors (Lipinski definition) is 0. The second-order valence-corrected chi connectivity index (χ2v) is 9.03. The summed E-state index contributed by atoms with van der Waals surface area (Å²) in [7, 11) is 0. The first kappa shape index (κ1) is 21.4. The van der Waals surface area contributed by atoms with Gasteiger partial charge in [-0.3, -0.25) is 14.7 Å². The highest BCUT2D eigenvalue weighted by Gasteiger charge is 2.20. The van der Waals surface area contributed by atoms with E-state index in [9.17, 15) is 0 Å². The Hall–Kier alpha value is -1.79. The molecule has 162 valence electrons. The molecular formula is C25H34FN3O. The fourth-order valence-electron chi connectivity index (χ4n) is 4.47. The zero-order valence-electron chi connectivity index (χ0n) is 18.3. The minimum atomic E-state index is -0.0967. The van der Waals surface area contributed by atoms with E-state index in [0.29, 0.717) is 18.0 Å². The first-order chi connectivity index (χ1) is 14.6. The average molecular weight is 412 g/mol. The van der Waals surface area contributed by atoms with E-state index in [1.807, 2.05) is 18.2 Å². The van der Waals surface area contributed by atoms with Crippen LogP contribution in [0.5, 0.6) is 0 Å². The van der Waals surface area contributed by atoms with Crippen molar-refractivity contribution in [3.8, 4) is 11.1 Å². The molecule has 2 aromatic rings. The smallest absolute Gasteiger partial charge is 0.135 e. The number of nitrogens with zero attached hydrogens (tertiary/aromatic N) is 3. The van der Waals surface area contributed by atoms with Crippen LogP contribution in [0.1, 0.15) is 25.0 Å². The summed E-state index contributed by atoms with van der Waals surface area (Å²) in [5.41, 5.74) is 3.69. The van der Waals surface area contributed by atoms with Gasteiger partial charge < -0.3 is 4.74 Å². The molecule has 2 saturated heterocycles. The van der Waals surface area contributed by atoms with Crippen LogP contribution in [0, 0.1) is 11.7 Å². The summed E-state index contributed by atoms with van der Waals surface area (Å²) in [6.45, 7) is 13.8. The van der Waals surface area contributed by atoms with Crippen LogP contribution in [-0.4, -0.2) is 67.3 Å². The second-order valence-electron chi connectivity index (χ2n) is 9.03. The van der Waals surface area contributed by atoms with Gasteiger partial charge in [0.2, 0.25) is 0 Å². The zero-order valence-corrected chi connectivity index (χ0v) is 18.3. The maximum Gasteiger partial charge on any atom is 0.135 e. The van der Waals surface area contributed by atoms with E-state index in [2.05, 4.69) is 52.8 Å². The number of hydrogen-bond acceptors (Lipinski definition) is 4. The first-order valence-electron chi connectivity index (χ1n) is 11.2.